The minimum atomic E-state index is -1.77. The molecule has 0 amide bonds. The molecule has 2 aromatic carbocycles. The molecule has 0 saturated heterocycles. The van der Waals surface area contributed by atoms with Crippen LogP contribution in [0.5, 0.6) is 0 Å². The summed E-state index contributed by atoms with van der Waals surface area (Å²) in [5, 5.41) is 7.26. The molecule has 0 radical (unpaired) electrons. The van der Waals surface area contributed by atoms with Crippen LogP contribution in [-0.4, -0.2) is 53.0 Å². The van der Waals surface area contributed by atoms with E-state index in [1.54, 1.807) is 4.71 Å². The summed E-state index contributed by atoms with van der Waals surface area (Å²) in [6, 6.07) is 0. The van der Waals surface area contributed by atoms with Gasteiger partial charge in [0.25, 0.3) is 0 Å². The monoisotopic (exact) mass is 984 g/mol. The van der Waals surface area contributed by atoms with Crippen molar-refractivity contribution in [3.8, 4) is 0 Å². The fourth-order valence-electron chi connectivity index (χ4n) is 1.16. The zero-order chi connectivity index (χ0) is 26.1. The second-order valence-corrected chi connectivity index (χ2v) is 11.2. The number of halogens is 12. The van der Waals surface area contributed by atoms with Crippen LogP contribution in [-0.2, 0) is 0 Å². The summed E-state index contributed by atoms with van der Waals surface area (Å²) < 4.78 is 102. The Bertz CT molecular complexity index is 710. The van der Waals surface area contributed by atoms with E-state index in [-0.39, 0.29) is 14.3 Å². The van der Waals surface area contributed by atoms with Crippen molar-refractivity contribution in [1.29, 1.82) is 0 Å². The molecule has 15 heteroatoms. The Hall–Kier alpha value is 0.859. The van der Waals surface area contributed by atoms with E-state index in [9.17, 15) is 35.1 Å². The zero-order valence-corrected chi connectivity index (χ0v) is 26.7. The Morgan fingerprint density at radius 1 is 0.531 bits per heavy atom. The van der Waals surface area contributed by atoms with Crippen LogP contribution in [0.2, 0.25) is 0 Å². The minimum absolute atomic E-state index is 0.246. The molecular formula is C17H12F8I4N2Se. The van der Waals surface area contributed by atoms with Gasteiger partial charge in [-0.25, -0.2) is 35.1 Å². The third kappa shape index (κ3) is 11.5. The molecule has 0 fully saturated rings. The van der Waals surface area contributed by atoms with Gasteiger partial charge in [0, 0.05) is 0 Å². The average molecular weight is 983 g/mol. The maximum atomic E-state index is 12.6. The first kappa shape index (κ1) is 35.0. The molecule has 0 aliphatic rings. The topological polar surface area (TPSA) is 22.3 Å². The van der Waals surface area contributed by atoms with Crippen molar-refractivity contribution < 1.29 is 39.6 Å². The van der Waals surface area contributed by atoms with Crippen molar-refractivity contribution in [1.82, 2.24) is 0 Å². The van der Waals surface area contributed by atoms with Crippen LogP contribution in [0, 0.1) is 60.8 Å². The Morgan fingerprint density at radius 3 is 0.719 bits per heavy atom. The normalized spacial score (nSPS) is 10.0. The van der Waals surface area contributed by atoms with Gasteiger partial charge < -0.3 is 4.48 Å². The first-order chi connectivity index (χ1) is 14.3. The van der Waals surface area contributed by atoms with Crippen molar-refractivity contribution in [2.24, 2.45) is 0 Å². The molecule has 0 bridgehead atoms. The second-order valence-electron chi connectivity index (χ2n) is 6.54. The van der Waals surface area contributed by atoms with Crippen molar-refractivity contribution in [2.45, 2.75) is 0 Å². The summed E-state index contributed by atoms with van der Waals surface area (Å²) in [5.74, 6) is -12.5. The van der Waals surface area contributed by atoms with E-state index in [0.717, 1.165) is 4.48 Å². The van der Waals surface area contributed by atoms with E-state index in [1.165, 1.54) is 90.4 Å². The third-order valence-electron chi connectivity index (χ3n) is 2.31. The van der Waals surface area contributed by atoms with Crippen LogP contribution < -0.4 is 0 Å². The maximum absolute atomic E-state index is 12.6. The second kappa shape index (κ2) is 15.8. The molecule has 0 aliphatic carbocycles. The van der Waals surface area contributed by atoms with Crippen LogP contribution in [0.25, 0.3) is 5.41 Å². The van der Waals surface area contributed by atoms with Gasteiger partial charge in [0.2, 0.25) is 0 Å². The molecule has 0 aromatic heterocycles. The molecule has 0 spiro atoms. The molecule has 0 unspecified atom stereocenters. The number of quaternary nitrogens is 1. The summed E-state index contributed by atoms with van der Waals surface area (Å²) in [6.45, 7) is 0. The fraction of sp³-hybridized carbons (Fsp3) is 0.235. The molecule has 2 aromatic rings. The summed E-state index contributed by atoms with van der Waals surface area (Å²) in [5.41, 5.74) is 0. The SMILES string of the molecule is C[N+](C)(C)C.Fc1c(F)c(F)c(I)c(I)c1F.Fc1c(F)c(F)c(I)c(I)c1F.[N-]=C=[Se]. The standard InChI is InChI=1S/2C6F4I2.C4H12N.CNSe/c2*7-1-2(8)4(10)6(12)5(11)3(1)9;1-5(2,3)4;2-1-3/h;;1-4H3;/q;;+1;-1. The molecule has 0 saturated carbocycles. The van der Waals surface area contributed by atoms with Crippen molar-refractivity contribution in [3.05, 3.63) is 66.2 Å². The quantitative estimate of drug-likeness (QED) is 0.0525. The number of nitrogens with zero attached hydrogens (tertiary/aromatic N) is 2. The molecule has 2 nitrogen and oxygen atoms in total. The number of benzene rings is 2. The fourth-order valence-corrected chi connectivity index (χ4v) is 3.05. The van der Waals surface area contributed by atoms with Crippen molar-refractivity contribution in [2.75, 3.05) is 28.2 Å². The van der Waals surface area contributed by atoms with E-state index in [1.807, 2.05) is 0 Å². The number of hydrogen-bond donors (Lipinski definition) is 0. The van der Waals surface area contributed by atoms with Crippen LogP contribution >= 0.6 is 90.4 Å². The third-order valence-corrected chi connectivity index (χ3v) is 8.43. The predicted octanol–water partition coefficient (Wildman–Crippen LogP) is 6.86. The molecule has 0 heterocycles. The van der Waals surface area contributed by atoms with E-state index < -0.39 is 46.5 Å². The molecule has 180 valence electrons. The average Bonchev–Trinajstić information content (AvgIpc) is 2.70. The summed E-state index contributed by atoms with van der Waals surface area (Å²) in [6.07, 6.45) is 0. The first-order valence-electron chi connectivity index (χ1n) is 7.48. The van der Waals surface area contributed by atoms with Gasteiger partial charge in [-0.05, 0) is 90.4 Å². The van der Waals surface area contributed by atoms with Gasteiger partial charge in [-0.1, -0.05) is 0 Å². The predicted molar refractivity (Wildman–Crippen MR) is 141 cm³/mol. The van der Waals surface area contributed by atoms with Gasteiger partial charge in [-0.2, -0.15) is 0 Å². The zero-order valence-electron chi connectivity index (χ0n) is 16.3. The molecule has 2 rings (SSSR count). The van der Waals surface area contributed by atoms with Crippen molar-refractivity contribution in [3.63, 3.8) is 0 Å². The molecule has 0 N–H and O–H groups in total. The summed E-state index contributed by atoms with van der Waals surface area (Å²) in [4.78, 5) is 0. The van der Waals surface area contributed by atoms with E-state index in [0.29, 0.717) is 0 Å². The summed E-state index contributed by atoms with van der Waals surface area (Å²) >= 11 is 7.74. The first-order valence-corrected chi connectivity index (χ1v) is 12.7. The Morgan fingerprint density at radius 2 is 0.625 bits per heavy atom. The number of hydrogen-bond acceptors (Lipinski definition) is 0. The van der Waals surface area contributed by atoms with Crippen LogP contribution in [0.4, 0.5) is 35.1 Å². The summed E-state index contributed by atoms with van der Waals surface area (Å²) in [7, 11) is 8.50. The van der Waals surface area contributed by atoms with Crippen LogP contribution in [0.3, 0.4) is 0 Å². The van der Waals surface area contributed by atoms with Gasteiger partial charge >= 0.3 is 25.7 Å². The molecule has 32 heavy (non-hydrogen) atoms. The Labute approximate surface area is 241 Å². The van der Waals surface area contributed by atoms with Crippen LogP contribution in [0.1, 0.15) is 0 Å². The van der Waals surface area contributed by atoms with Gasteiger partial charge in [-0.3, -0.25) is 0 Å². The molecular weight excluding hydrogens is 971 g/mol. The number of rotatable bonds is 0. The van der Waals surface area contributed by atoms with Gasteiger partial charge in [0.1, 0.15) is 0 Å². The Balaban J connectivity index is 0. The van der Waals surface area contributed by atoms with Gasteiger partial charge in [0.05, 0.1) is 42.5 Å². The van der Waals surface area contributed by atoms with Gasteiger partial charge in [0.15, 0.2) is 46.5 Å². The van der Waals surface area contributed by atoms with Crippen molar-refractivity contribution >= 4 is 111 Å². The van der Waals surface area contributed by atoms with E-state index in [2.05, 4.69) is 43.8 Å². The van der Waals surface area contributed by atoms with Gasteiger partial charge in [-0.15, -0.1) is 0 Å². The molecule has 0 aliphatic heterocycles. The Kier molecular flexibility index (Phi) is 17.3. The molecule has 0 atom stereocenters. The van der Waals surface area contributed by atoms with E-state index in [4.69, 9.17) is 5.41 Å². The van der Waals surface area contributed by atoms with Crippen LogP contribution in [0.15, 0.2) is 0 Å². The van der Waals surface area contributed by atoms with E-state index >= 15 is 0 Å².